The summed E-state index contributed by atoms with van der Waals surface area (Å²) in [6.45, 7) is 12.9. The number of hydrogen-bond acceptors (Lipinski definition) is 3. The summed E-state index contributed by atoms with van der Waals surface area (Å²) in [7, 11) is 0. The van der Waals surface area contributed by atoms with E-state index in [2.05, 4.69) is 50.8 Å². The summed E-state index contributed by atoms with van der Waals surface area (Å²) >= 11 is 0. The van der Waals surface area contributed by atoms with Crippen molar-refractivity contribution in [3.63, 3.8) is 0 Å². The molecule has 0 aromatic carbocycles. The van der Waals surface area contributed by atoms with E-state index in [1.165, 1.54) is 5.57 Å². The third kappa shape index (κ3) is 3.08. The summed E-state index contributed by atoms with van der Waals surface area (Å²) in [5, 5.41) is 11.8. The molecule has 0 unspecified atom stereocenters. The van der Waals surface area contributed by atoms with Crippen LogP contribution in [0.1, 0.15) is 41.0 Å². The zero-order valence-electron chi connectivity index (χ0n) is 11.1. The van der Waals surface area contributed by atoms with Crippen LogP contribution in [0, 0.1) is 5.41 Å². The lowest BCUT2D eigenvalue weighted by Crippen LogP contribution is -2.47. The van der Waals surface area contributed by atoms with Crippen molar-refractivity contribution in [1.82, 2.24) is 4.90 Å². The molecule has 1 aliphatic heterocycles. The minimum Gasteiger partial charge on any atom is -0.411 e. The summed E-state index contributed by atoms with van der Waals surface area (Å²) in [6, 6.07) is 0. The van der Waals surface area contributed by atoms with E-state index in [9.17, 15) is 0 Å². The van der Waals surface area contributed by atoms with Crippen molar-refractivity contribution in [2.24, 2.45) is 10.6 Å². The normalized spacial score (nSPS) is 20.2. The highest BCUT2D eigenvalue weighted by Crippen LogP contribution is 2.31. The number of hydrogen-bond donors (Lipinski definition) is 1. The van der Waals surface area contributed by atoms with Crippen LogP contribution in [0.25, 0.3) is 0 Å². The third-order valence-corrected chi connectivity index (χ3v) is 3.36. The molecule has 0 saturated heterocycles. The molecule has 0 amide bonds. The van der Waals surface area contributed by atoms with Crippen LogP contribution in [0.2, 0.25) is 0 Å². The first-order valence-corrected chi connectivity index (χ1v) is 5.90. The lowest BCUT2D eigenvalue weighted by Gasteiger charge is -2.39. The molecule has 0 fully saturated rings. The first kappa shape index (κ1) is 13.2. The first-order valence-electron chi connectivity index (χ1n) is 5.90. The van der Waals surface area contributed by atoms with Crippen molar-refractivity contribution in [2.75, 3.05) is 13.1 Å². The van der Waals surface area contributed by atoms with E-state index >= 15 is 0 Å². The fourth-order valence-corrected chi connectivity index (χ4v) is 2.10. The molecular weight excluding hydrogens is 200 g/mol. The highest BCUT2D eigenvalue weighted by atomic mass is 16.4. The van der Waals surface area contributed by atoms with Crippen molar-refractivity contribution in [2.45, 2.75) is 46.6 Å². The van der Waals surface area contributed by atoms with Crippen LogP contribution in [0.15, 0.2) is 16.8 Å². The fourth-order valence-electron chi connectivity index (χ4n) is 2.10. The summed E-state index contributed by atoms with van der Waals surface area (Å²) < 4.78 is 0. The van der Waals surface area contributed by atoms with E-state index in [4.69, 9.17) is 5.21 Å². The van der Waals surface area contributed by atoms with Gasteiger partial charge in [0.15, 0.2) is 0 Å². The zero-order chi connectivity index (χ0) is 12.4. The largest absolute Gasteiger partial charge is 0.411 e. The molecule has 0 aliphatic carbocycles. The Kier molecular flexibility index (Phi) is 3.79. The summed E-state index contributed by atoms with van der Waals surface area (Å²) in [6.07, 6.45) is 5.02. The molecule has 3 nitrogen and oxygen atoms in total. The van der Waals surface area contributed by atoms with Gasteiger partial charge in [0.05, 0.1) is 11.8 Å². The van der Waals surface area contributed by atoms with Gasteiger partial charge in [0.2, 0.25) is 0 Å². The average molecular weight is 224 g/mol. The number of rotatable bonds is 2. The molecule has 16 heavy (non-hydrogen) atoms. The number of oxime groups is 1. The van der Waals surface area contributed by atoms with Crippen LogP contribution < -0.4 is 0 Å². The quantitative estimate of drug-likeness (QED) is 0.339. The van der Waals surface area contributed by atoms with Crippen molar-refractivity contribution in [3.8, 4) is 0 Å². The molecule has 92 valence electrons. The second kappa shape index (κ2) is 4.58. The van der Waals surface area contributed by atoms with Crippen LogP contribution in [0.3, 0.4) is 0 Å². The van der Waals surface area contributed by atoms with Crippen molar-refractivity contribution >= 4 is 6.21 Å². The smallest absolute Gasteiger partial charge is 0.0633 e. The van der Waals surface area contributed by atoms with E-state index in [1.54, 1.807) is 6.21 Å². The Hall–Kier alpha value is -0.830. The minimum absolute atomic E-state index is 0.172. The minimum atomic E-state index is -0.172. The van der Waals surface area contributed by atoms with E-state index in [0.717, 1.165) is 19.5 Å². The van der Waals surface area contributed by atoms with Crippen LogP contribution >= 0.6 is 0 Å². The van der Waals surface area contributed by atoms with Crippen LogP contribution in [-0.2, 0) is 0 Å². The highest BCUT2D eigenvalue weighted by molar-refractivity contribution is 5.68. The molecule has 1 N–H and O–H groups in total. The van der Waals surface area contributed by atoms with Gasteiger partial charge < -0.3 is 5.21 Å². The van der Waals surface area contributed by atoms with Gasteiger partial charge in [-0.15, -0.1) is 5.16 Å². The molecule has 1 rings (SSSR count). The Morgan fingerprint density at radius 2 is 1.94 bits per heavy atom. The van der Waals surface area contributed by atoms with Crippen molar-refractivity contribution < 1.29 is 5.21 Å². The second-order valence-electron chi connectivity index (χ2n) is 6.07. The van der Waals surface area contributed by atoms with Crippen LogP contribution in [0.4, 0.5) is 0 Å². The van der Waals surface area contributed by atoms with Gasteiger partial charge in [-0.1, -0.05) is 32.4 Å². The van der Waals surface area contributed by atoms with Crippen molar-refractivity contribution in [1.29, 1.82) is 0 Å². The molecule has 0 bridgehead atoms. The van der Waals surface area contributed by atoms with Gasteiger partial charge >= 0.3 is 0 Å². The van der Waals surface area contributed by atoms with E-state index in [1.807, 2.05) is 0 Å². The Balaban J connectivity index is 2.71. The maximum atomic E-state index is 8.64. The highest BCUT2D eigenvalue weighted by Gasteiger charge is 2.29. The molecule has 0 radical (unpaired) electrons. The Morgan fingerprint density at radius 3 is 2.31 bits per heavy atom. The summed E-state index contributed by atoms with van der Waals surface area (Å²) in [5.74, 6) is 0. The van der Waals surface area contributed by atoms with Gasteiger partial charge in [-0.05, 0) is 25.7 Å². The Morgan fingerprint density at radius 1 is 1.31 bits per heavy atom. The van der Waals surface area contributed by atoms with Crippen LogP contribution in [-0.4, -0.2) is 35.0 Å². The van der Waals surface area contributed by atoms with E-state index < -0.39 is 0 Å². The molecule has 0 aromatic rings. The standard InChI is InChI=1S/C13H24N2O/c1-12(2,3)11-6-8-15(9-7-11)13(4,5)10-14-16/h6,10,16H,7-9H2,1-5H3. The third-order valence-electron chi connectivity index (χ3n) is 3.36. The van der Waals surface area contributed by atoms with E-state index in [-0.39, 0.29) is 11.0 Å². The second-order valence-corrected chi connectivity index (χ2v) is 6.07. The molecule has 1 aliphatic rings. The maximum Gasteiger partial charge on any atom is 0.0633 e. The average Bonchev–Trinajstić information content (AvgIpc) is 2.16. The fraction of sp³-hybridized carbons (Fsp3) is 0.769. The molecule has 0 atom stereocenters. The monoisotopic (exact) mass is 224 g/mol. The molecule has 0 aromatic heterocycles. The van der Waals surface area contributed by atoms with Crippen molar-refractivity contribution in [3.05, 3.63) is 11.6 Å². The summed E-state index contributed by atoms with van der Waals surface area (Å²) in [4.78, 5) is 2.32. The lowest BCUT2D eigenvalue weighted by molar-refractivity contribution is 0.184. The first-order chi connectivity index (χ1) is 7.27. The van der Waals surface area contributed by atoms with Crippen LogP contribution in [0.5, 0.6) is 0 Å². The molecule has 3 heteroatoms. The predicted molar refractivity (Wildman–Crippen MR) is 68.1 cm³/mol. The molecular formula is C13H24N2O. The Bertz CT molecular complexity index is 298. The van der Waals surface area contributed by atoms with Gasteiger partial charge in [-0.2, -0.15) is 0 Å². The summed E-state index contributed by atoms with van der Waals surface area (Å²) in [5.41, 5.74) is 1.64. The number of nitrogens with zero attached hydrogens (tertiary/aromatic N) is 2. The van der Waals surface area contributed by atoms with Gasteiger partial charge in [-0.25, -0.2) is 0 Å². The van der Waals surface area contributed by atoms with Gasteiger partial charge in [0.1, 0.15) is 0 Å². The van der Waals surface area contributed by atoms with Gasteiger partial charge in [0.25, 0.3) is 0 Å². The SMILES string of the molecule is CC(C)(C)C1=CCN(C(C)(C)C=NO)CC1. The Labute approximate surface area is 98.8 Å². The molecule has 1 heterocycles. The molecule has 0 spiro atoms. The topological polar surface area (TPSA) is 35.8 Å². The zero-order valence-corrected chi connectivity index (χ0v) is 11.1. The van der Waals surface area contributed by atoms with Gasteiger partial charge in [-0.3, -0.25) is 4.90 Å². The lowest BCUT2D eigenvalue weighted by atomic mass is 9.82. The molecule has 0 saturated carbocycles. The maximum absolute atomic E-state index is 8.64. The van der Waals surface area contributed by atoms with Gasteiger partial charge in [0, 0.05) is 13.1 Å². The van der Waals surface area contributed by atoms with E-state index in [0.29, 0.717) is 0 Å². The predicted octanol–water partition coefficient (Wildman–Crippen LogP) is 2.90.